The molecule has 0 aliphatic carbocycles. The number of hydrogen-bond acceptors (Lipinski definition) is 5. The second-order valence-electron chi connectivity index (χ2n) is 8.52. The molecule has 3 aliphatic rings. The van der Waals surface area contributed by atoms with Gasteiger partial charge in [-0.05, 0) is 24.6 Å². The zero-order valence-electron chi connectivity index (χ0n) is 18.5. The average molecular weight is 447 g/mol. The smallest absolute Gasteiger partial charge is 0.338 e. The van der Waals surface area contributed by atoms with Crippen molar-refractivity contribution >= 4 is 23.6 Å². The van der Waals surface area contributed by atoms with E-state index in [2.05, 4.69) is 22.3 Å². The summed E-state index contributed by atoms with van der Waals surface area (Å²) < 4.78 is 5.27. The molecule has 2 aromatic carbocycles. The molecule has 0 bridgehead atoms. The molecule has 0 spiro atoms. The van der Waals surface area contributed by atoms with Gasteiger partial charge in [-0.2, -0.15) is 0 Å². The molecule has 3 amide bonds. The number of esters is 1. The molecule has 170 valence electrons. The SMILES string of the molecule is Cc1ccc(C2NC(=O)N(CC(=O)N3CCN(c4ccccc4)CC3)C3=C2C(=O)OC3)cc1. The van der Waals surface area contributed by atoms with Crippen LogP contribution in [0.3, 0.4) is 0 Å². The summed E-state index contributed by atoms with van der Waals surface area (Å²) in [5, 5.41) is 2.89. The van der Waals surface area contributed by atoms with E-state index in [1.807, 2.05) is 49.4 Å². The predicted octanol–water partition coefficient (Wildman–Crippen LogP) is 2.22. The Bertz CT molecular complexity index is 1100. The molecule has 1 atom stereocenters. The number of carbonyl (C=O) groups is 3. The Kier molecular flexibility index (Phi) is 5.50. The monoisotopic (exact) mass is 446 g/mol. The summed E-state index contributed by atoms with van der Waals surface area (Å²) in [4.78, 5) is 43.9. The van der Waals surface area contributed by atoms with Crippen molar-refractivity contribution in [2.45, 2.75) is 13.0 Å². The number of piperazine rings is 1. The molecule has 33 heavy (non-hydrogen) atoms. The Morgan fingerprint density at radius 1 is 1.00 bits per heavy atom. The molecule has 2 aromatic rings. The molecule has 0 aromatic heterocycles. The molecule has 1 saturated heterocycles. The van der Waals surface area contributed by atoms with Crippen LogP contribution >= 0.6 is 0 Å². The first kappa shape index (κ1) is 21.1. The van der Waals surface area contributed by atoms with E-state index in [1.54, 1.807) is 4.90 Å². The first-order valence-corrected chi connectivity index (χ1v) is 11.1. The topological polar surface area (TPSA) is 82.2 Å². The Balaban J connectivity index is 1.30. The summed E-state index contributed by atoms with van der Waals surface area (Å²) >= 11 is 0. The van der Waals surface area contributed by atoms with Gasteiger partial charge in [-0.3, -0.25) is 9.69 Å². The van der Waals surface area contributed by atoms with Gasteiger partial charge in [-0.1, -0.05) is 48.0 Å². The van der Waals surface area contributed by atoms with Gasteiger partial charge in [0.25, 0.3) is 0 Å². The van der Waals surface area contributed by atoms with Crippen LogP contribution < -0.4 is 10.2 Å². The Hall–Kier alpha value is -3.81. The number of ether oxygens (including phenoxy) is 1. The van der Waals surface area contributed by atoms with E-state index in [1.165, 1.54) is 4.90 Å². The molecule has 1 N–H and O–H groups in total. The lowest BCUT2D eigenvalue weighted by Gasteiger charge is -2.38. The van der Waals surface area contributed by atoms with Crippen molar-refractivity contribution in [2.75, 3.05) is 44.2 Å². The maximum Gasteiger partial charge on any atom is 0.338 e. The summed E-state index contributed by atoms with van der Waals surface area (Å²) in [5.74, 6) is -0.595. The molecule has 1 fully saturated rings. The predicted molar refractivity (Wildman–Crippen MR) is 122 cm³/mol. The third-order valence-electron chi connectivity index (χ3n) is 6.46. The number of cyclic esters (lactones) is 1. The van der Waals surface area contributed by atoms with E-state index in [4.69, 9.17) is 4.74 Å². The fourth-order valence-corrected chi connectivity index (χ4v) is 4.58. The second kappa shape index (κ2) is 8.61. The number of nitrogens with one attached hydrogen (secondary N) is 1. The molecular weight excluding hydrogens is 420 g/mol. The van der Waals surface area contributed by atoms with Gasteiger partial charge in [0, 0.05) is 31.9 Å². The molecule has 0 saturated carbocycles. The van der Waals surface area contributed by atoms with Crippen molar-refractivity contribution in [2.24, 2.45) is 0 Å². The van der Waals surface area contributed by atoms with Crippen molar-refractivity contribution in [3.8, 4) is 0 Å². The molecule has 8 heteroatoms. The number of para-hydroxylation sites is 1. The number of aryl methyl sites for hydroxylation is 1. The number of anilines is 1. The number of nitrogens with zero attached hydrogens (tertiary/aromatic N) is 3. The van der Waals surface area contributed by atoms with Gasteiger partial charge < -0.3 is 19.9 Å². The van der Waals surface area contributed by atoms with E-state index in [0.29, 0.717) is 24.4 Å². The molecule has 8 nitrogen and oxygen atoms in total. The zero-order chi connectivity index (χ0) is 22.9. The lowest BCUT2D eigenvalue weighted by atomic mass is 9.95. The number of rotatable bonds is 4. The summed E-state index contributed by atoms with van der Waals surface area (Å²) in [6.07, 6.45) is 0. The lowest BCUT2D eigenvalue weighted by Crippen LogP contribution is -2.54. The summed E-state index contributed by atoms with van der Waals surface area (Å²) in [5.41, 5.74) is 3.91. The Morgan fingerprint density at radius 2 is 1.70 bits per heavy atom. The summed E-state index contributed by atoms with van der Waals surface area (Å²) in [6.45, 7) is 4.48. The van der Waals surface area contributed by atoms with Crippen LogP contribution in [0.4, 0.5) is 10.5 Å². The Morgan fingerprint density at radius 3 is 2.39 bits per heavy atom. The maximum absolute atomic E-state index is 13.1. The maximum atomic E-state index is 13.1. The number of hydrogen-bond donors (Lipinski definition) is 1. The Labute approximate surface area is 192 Å². The highest BCUT2D eigenvalue weighted by Gasteiger charge is 2.43. The average Bonchev–Trinajstić information content (AvgIpc) is 3.23. The molecule has 0 radical (unpaired) electrons. The fourth-order valence-electron chi connectivity index (χ4n) is 4.58. The molecular formula is C25H26N4O4. The van der Waals surface area contributed by atoms with Crippen LogP contribution in [0, 0.1) is 6.92 Å². The van der Waals surface area contributed by atoms with Crippen LogP contribution in [0.5, 0.6) is 0 Å². The largest absolute Gasteiger partial charge is 0.456 e. The van der Waals surface area contributed by atoms with E-state index >= 15 is 0 Å². The second-order valence-corrected chi connectivity index (χ2v) is 8.52. The van der Waals surface area contributed by atoms with E-state index < -0.39 is 18.0 Å². The normalized spacial score (nSPS) is 20.5. The zero-order valence-corrected chi connectivity index (χ0v) is 18.5. The van der Waals surface area contributed by atoms with Crippen LogP contribution in [-0.4, -0.2) is 67.0 Å². The minimum absolute atomic E-state index is 0.000979. The highest BCUT2D eigenvalue weighted by atomic mass is 16.5. The van der Waals surface area contributed by atoms with Gasteiger partial charge >= 0.3 is 12.0 Å². The highest BCUT2D eigenvalue weighted by molar-refractivity contribution is 5.98. The first-order chi connectivity index (χ1) is 16.0. The molecule has 5 rings (SSSR count). The van der Waals surface area contributed by atoms with Crippen molar-refractivity contribution < 1.29 is 19.1 Å². The standard InChI is InChI=1S/C25H26N4O4/c1-17-7-9-18(10-8-17)23-22-20(16-33-24(22)31)29(25(32)26-23)15-21(30)28-13-11-27(12-14-28)19-5-3-2-4-6-19/h2-10,23H,11-16H2,1H3,(H,26,32). The molecule has 3 heterocycles. The van der Waals surface area contributed by atoms with Crippen LogP contribution in [-0.2, 0) is 14.3 Å². The van der Waals surface area contributed by atoms with Gasteiger partial charge in [0.05, 0.1) is 17.3 Å². The quantitative estimate of drug-likeness (QED) is 0.729. The van der Waals surface area contributed by atoms with Crippen LogP contribution in [0.25, 0.3) is 0 Å². The van der Waals surface area contributed by atoms with Crippen molar-refractivity contribution in [1.29, 1.82) is 0 Å². The lowest BCUT2D eigenvalue weighted by molar-refractivity contribution is -0.136. The van der Waals surface area contributed by atoms with E-state index in [0.717, 1.165) is 29.9 Å². The fraction of sp³-hybridized carbons (Fsp3) is 0.320. The number of carbonyl (C=O) groups excluding carboxylic acids is 3. The van der Waals surface area contributed by atoms with Crippen LogP contribution in [0.15, 0.2) is 65.9 Å². The third kappa shape index (κ3) is 4.04. The van der Waals surface area contributed by atoms with E-state index in [-0.39, 0.29) is 19.1 Å². The third-order valence-corrected chi connectivity index (χ3v) is 6.46. The van der Waals surface area contributed by atoms with Crippen LogP contribution in [0.2, 0.25) is 0 Å². The summed E-state index contributed by atoms with van der Waals surface area (Å²) in [6, 6.07) is 16.8. The van der Waals surface area contributed by atoms with Gasteiger partial charge in [-0.15, -0.1) is 0 Å². The number of benzene rings is 2. The summed E-state index contributed by atoms with van der Waals surface area (Å²) in [7, 11) is 0. The molecule has 1 unspecified atom stereocenters. The highest BCUT2D eigenvalue weighted by Crippen LogP contribution is 2.35. The van der Waals surface area contributed by atoms with Gasteiger partial charge in [0.1, 0.15) is 13.2 Å². The number of urea groups is 1. The van der Waals surface area contributed by atoms with E-state index in [9.17, 15) is 14.4 Å². The minimum Gasteiger partial charge on any atom is -0.456 e. The van der Waals surface area contributed by atoms with Gasteiger partial charge in [0.15, 0.2) is 0 Å². The van der Waals surface area contributed by atoms with Crippen molar-refractivity contribution in [3.05, 3.63) is 77.0 Å². The van der Waals surface area contributed by atoms with Crippen LogP contribution in [0.1, 0.15) is 17.2 Å². The van der Waals surface area contributed by atoms with Crippen molar-refractivity contribution in [3.63, 3.8) is 0 Å². The minimum atomic E-state index is -0.580. The number of amides is 3. The molecule has 3 aliphatic heterocycles. The van der Waals surface area contributed by atoms with Gasteiger partial charge in [0.2, 0.25) is 5.91 Å². The van der Waals surface area contributed by atoms with Crippen molar-refractivity contribution in [1.82, 2.24) is 15.1 Å². The first-order valence-electron chi connectivity index (χ1n) is 11.1. The van der Waals surface area contributed by atoms with Gasteiger partial charge in [-0.25, -0.2) is 9.59 Å².